The van der Waals surface area contributed by atoms with Crippen LogP contribution in [0.1, 0.15) is 29.9 Å². The lowest BCUT2D eigenvalue weighted by Gasteiger charge is -2.02. The Morgan fingerprint density at radius 1 is 1.25 bits per heavy atom. The molecule has 0 saturated carbocycles. The lowest BCUT2D eigenvalue weighted by molar-refractivity contribution is 0.0699. The fourth-order valence-corrected chi connectivity index (χ4v) is 1.48. The molecule has 1 aromatic carbocycles. The van der Waals surface area contributed by atoms with Gasteiger partial charge in [-0.1, -0.05) is 32.0 Å². The van der Waals surface area contributed by atoms with Gasteiger partial charge in [-0.05, 0) is 19.1 Å². The van der Waals surface area contributed by atoms with Crippen molar-refractivity contribution < 1.29 is 9.90 Å². The number of aromatic nitrogens is 1. The third kappa shape index (κ3) is 2.37. The molecule has 2 aromatic rings. The topological polar surface area (TPSA) is 50.2 Å². The maximum absolute atomic E-state index is 10.9. The first kappa shape index (κ1) is 12.2. The Balaban J connectivity index is 0.000000606. The minimum absolute atomic E-state index is 0.313. The summed E-state index contributed by atoms with van der Waals surface area (Å²) in [6, 6.07) is 8.83. The molecule has 1 heterocycles. The quantitative estimate of drug-likeness (QED) is 0.797. The van der Waals surface area contributed by atoms with Crippen LogP contribution in [-0.2, 0) is 0 Å². The van der Waals surface area contributed by atoms with E-state index in [1.807, 2.05) is 32.0 Å². The highest BCUT2D eigenvalue weighted by molar-refractivity contribution is 6.02. The van der Waals surface area contributed by atoms with Crippen molar-refractivity contribution >= 4 is 16.9 Å². The Morgan fingerprint density at radius 2 is 1.88 bits per heavy atom. The van der Waals surface area contributed by atoms with Crippen LogP contribution in [0.25, 0.3) is 10.9 Å². The summed E-state index contributed by atoms with van der Waals surface area (Å²) >= 11 is 0. The molecule has 0 spiro atoms. The van der Waals surface area contributed by atoms with Gasteiger partial charge < -0.3 is 5.11 Å². The smallest absolute Gasteiger partial charge is 0.336 e. The molecule has 3 heteroatoms. The molecule has 0 saturated heterocycles. The molecule has 0 aliphatic rings. The summed E-state index contributed by atoms with van der Waals surface area (Å²) in [4.78, 5) is 15.2. The Hall–Kier alpha value is -1.90. The fourth-order valence-electron chi connectivity index (χ4n) is 1.48. The minimum atomic E-state index is -0.910. The van der Waals surface area contributed by atoms with Crippen LogP contribution in [0.3, 0.4) is 0 Å². The number of rotatable bonds is 1. The van der Waals surface area contributed by atoms with E-state index in [4.69, 9.17) is 5.11 Å². The van der Waals surface area contributed by atoms with Crippen molar-refractivity contribution in [3.63, 3.8) is 0 Å². The second kappa shape index (κ2) is 5.26. The average molecular weight is 217 g/mol. The summed E-state index contributed by atoms with van der Waals surface area (Å²) in [5, 5.41) is 9.67. The molecule has 0 radical (unpaired) electrons. The van der Waals surface area contributed by atoms with Crippen LogP contribution < -0.4 is 0 Å². The van der Waals surface area contributed by atoms with E-state index >= 15 is 0 Å². The molecule has 0 bridgehead atoms. The minimum Gasteiger partial charge on any atom is -0.478 e. The molecule has 1 aromatic heterocycles. The van der Waals surface area contributed by atoms with E-state index in [1.54, 1.807) is 19.1 Å². The lowest BCUT2D eigenvalue weighted by atomic mass is 10.1. The second-order valence-corrected chi connectivity index (χ2v) is 3.13. The highest BCUT2D eigenvalue weighted by atomic mass is 16.4. The summed E-state index contributed by atoms with van der Waals surface area (Å²) in [5.41, 5.74) is 1.76. The molecule has 3 nitrogen and oxygen atoms in total. The van der Waals surface area contributed by atoms with E-state index in [-0.39, 0.29) is 0 Å². The molecule has 84 valence electrons. The van der Waals surface area contributed by atoms with Crippen LogP contribution in [0.4, 0.5) is 0 Å². The van der Waals surface area contributed by atoms with E-state index < -0.39 is 5.97 Å². The average Bonchev–Trinajstić information content (AvgIpc) is 2.30. The maximum Gasteiger partial charge on any atom is 0.336 e. The predicted molar refractivity (Wildman–Crippen MR) is 64.8 cm³/mol. The summed E-state index contributed by atoms with van der Waals surface area (Å²) in [6.45, 7) is 5.79. The summed E-state index contributed by atoms with van der Waals surface area (Å²) in [6.07, 6.45) is 0. The van der Waals surface area contributed by atoms with Gasteiger partial charge in [0.25, 0.3) is 0 Å². The van der Waals surface area contributed by atoms with Crippen molar-refractivity contribution in [1.29, 1.82) is 0 Å². The van der Waals surface area contributed by atoms with Crippen molar-refractivity contribution in [1.82, 2.24) is 4.98 Å². The number of benzene rings is 1. The number of carboxylic acids is 1. The molecule has 1 N–H and O–H groups in total. The van der Waals surface area contributed by atoms with Crippen LogP contribution in [0.2, 0.25) is 0 Å². The summed E-state index contributed by atoms with van der Waals surface area (Å²) in [5.74, 6) is -0.910. The number of aromatic carboxylic acids is 1. The van der Waals surface area contributed by atoms with Gasteiger partial charge >= 0.3 is 5.97 Å². The zero-order valence-corrected chi connectivity index (χ0v) is 9.69. The number of aryl methyl sites for hydroxylation is 1. The van der Waals surface area contributed by atoms with E-state index in [1.165, 1.54) is 0 Å². The Labute approximate surface area is 94.8 Å². The third-order valence-electron chi connectivity index (χ3n) is 2.07. The van der Waals surface area contributed by atoms with Gasteiger partial charge in [-0.3, -0.25) is 4.98 Å². The monoisotopic (exact) mass is 217 g/mol. The number of hydrogen-bond acceptors (Lipinski definition) is 2. The number of fused-ring (bicyclic) bond motifs is 1. The standard InChI is InChI=1S/C11H9NO2.C2H6/c1-7-6-9(11(13)14)8-4-2-3-5-10(8)12-7;1-2/h2-6H,1H3,(H,13,14);1-2H3. The van der Waals surface area contributed by atoms with Gasteiger partial charge in [-0.15, -0.1) is 0 Å². The molecule has 0 fully saturated rings. The Morgan fingerprint density at radius 3 is 2.50 bits per heavy atom. The van der Waals surface area contributed by atoms with Crippen molar-refractivity contribution in [3.05, 3.63) is 41.6 Å². The van der Waals surface area contributed by atoms with Crippen LogP contribution in [-0.4, -0.2) is 16.1 Å². The molecule has 0 atom stereocenters. The number of carbonyl (C=O) groups is 1. The van der Waals surface area contributed by atoms with Gasteiger partial charge in [0.15, 0.2) is 0 Å². The van der Waals surface area contributed by atoms with E-state index in [0.717, 1.165) is 11.2 Å². The van der Waals surface area contributed by atoms with Gasteiger partial charge in [-0.2, -0.15) is 0 Å². The SMILES string of the molecule is CC.Cc1cc(C(=O)O)c2ccccc2n1. The normalized spacial score (nSPS) is 9.44. The highest BCUT2D eigenvalue weighted by Gasteiger charge is 2.09. The number of hydrogen-bond donors (Lipinski definition) is 1. The van der Waals surface area contributed by atoms with Crippen LogP contribution in [0.15, 0.2) is 30.3 Å². The number of nitrogens with zero attached hydrogens (tertiary/aromatic N) is 1. The van der Waals surface area contributed by atoms with Crippen LogP contribution in [0.5, 0.6) is 0 Å². The first-order chi connectivity index (χ1) is 7.68. The molecule has 0 unspecified atom stereocenters. The fraction of sp³-hybridized carbons (Fsp3) is 0.231. The van der Waals surface area contributed by atoms with Crippen LogP contribution in [0, 0.1) is 6.92 Å². The molecule has 0 aliphatic carbocycles. The van der Waals surface area contributed by atoms with Gasteiger partial charge in [0.05, 0.1) is 11.1 Å². The Bertz CT molecular complexity index is 506. The van der Waals surface area contributed by atoms with Crippen molar-refractivity contribution in [2.24, 2.45) is 0 Å². The van der Waals surface area contributed by atoms with E-state index in [9.17, 15) is 4.79 Å². The van der Waals surface area contributed by atoms with Gasteiger partial charge in [0.1, 0.15) is 0 Å². The molecule has 0 aliphatic heterocycles. The van der Waals surface area contributed by atoms with Crippen molar-refractivity contribution in [2.75, 3.05) is 0 Å². The maximum atomic E-state index is 10.9. The van der Waals surface area contributed by atoms with Gasteiger partial charge in [0, 0.05) is 11.1 Å². The summed E-state index contributed by atoms with van der Waals surface area (Å²) in [7, 11) is 0. The third-order valence-corrected chi connectivity index (χ3v) is 2.07. The first-order valence-corrected chi connectivity index (χ1v) is 5.28. The largest absolute Gasteiger partial charge is 0.478 e. The number of para-hydroxylation sites is 1. The zero-order valence-electron chi connectivity index (χ0n) is 9.69. The number of carboxylic acid groups (broad SMARTS) is 1. The van der Waals surface area contributed by atoms with Crippen molar-refractivity contribution in [3.8, 4) is 0 Å². The van der Waals surface area contributed by atoms with E-state index in [0.29, 0.717) is 10.9 Å². The molecule has 16 heavy (non-hydrogen) atoms. The van der Waals surface area contributed by atoms with Gasteiger partial charge in [-0.25, -0.2) is 4.79 Å². The Kier molecular flexibility index (Phi) is 4.00. The predicted octanol–water partition coefficient (Wildman–Crippen LogP) is 3.27. The molecule has 0 amide bonds. The second-order valence-electron chi connectivity index (χ2n) is 3.13. The summed E-state index contributed by atoms with van der Waals surface area (Å²) < 4.78 is 0. The lowest BCUT2D eigenvalue weighted by Crippen LogP contribution is -1.99. The zero-order chi connectivity index (χ0) is 12.1. The highest BCUT2D eigenvalue weighted by Crippen LogP contribution is 2.17. The van der Waals surface area contributed by atoms with Gasteiger partial charge in [0.2, 0.25) is 0 Å². The van der Waals surface area contributed by atoms with E-state index in [2.05, 4.69) is 4.98 Å². The van der Waals surface area contributed by atoms with Crippen molar-refractivity contribution in [2.45, 2.75) is 20.8 Å². The molecular formula is C13H15NO2. The molecular weight excluding hydrogens is 202 g/mol. The first-order valence-electron chi connectivity index (χ1n) is 5.28. The van der Waals surface area contributed by atoms with Crippen LogP contribution >= 0.6 is 0 Å². The number of pyridine rings is 1. The molecule has 2 rings (SSSR count).